The number of rotatable bonds is 8. The second-order valence-electron chi connectivity index (χ2n) is 7.10. The molecule has 3 rings (SSSR count). The van der Waals surface area contributed by atoms with E-state index in [-0.39, 0.29) is 5.69 Å². The van der Waals surface area contributed by atoms with Crippen molar-refractivity contribution in [2.45, 2.75) is 11.8 Å². The smallest absolute Gasteiger partial charge is 0.356 e. The number of esters is 1. The quantitative estimate of drug-likeness (QED) is 0.135. The van der Waals surface area contributed by atoms with Crippen molar-refractivity contribution in [2.75, 3.05) is 6.61 Å². The SMILES string of the molecule is O=C(OCCC(P(=O)(O)O)P(=O)(O)O)c1cc(C(=O)O)c2c(n1)C(=O)C(=O)c1cc(C(=O)O)[nH]c1-2. The molecule has 0 aromatic carbocycles. The lowest BCUT2D eigenvalue weighted by Crippen LogP contribution is -2.25. The maximum Gasteiger partial charge on any atom is 0.356 e. The third kappa shape index (κ3) is 4.98. The Morgan fingerprint density at radius 3 is 2.09 bits per heavy atom. The van der Waals surface area contributed by atoms with Crippen molar-refractivity contribution in [1.29, 1.82) is 0 Å². The zero-order valence-corrected chi connectivity index (χ0v) is 18.7. The second kappa shape index (κ2) is 8.92. The molecule has 2 aromatic rings. The Morgan fingerprint density at radius 1 is 0.971 bits per heavy atom. The number of ketones is 2. The first-order chi connectivity index (χ1) is 16.0. The largest absolute Gasteiger partial charge is 0.478 e. The standard InChI is InChI=1S/C17H14N2O14P2/c20-13-6-4-7(16(24)25)18-11(6)10-5(15(22)23)3-8(19-12(10)14(13)21)17(26)33-2-1-9(34(27,28)29)35(30,31)32/h3-4,9,18H,1-2H2,(H,22,23)(H,24,25)(H2,27,28,29)(H2,30,31,32). The highest BCUT2D eigenvalue weighted by atomic mass is 31.2. The first kappa shape index (κ1) is 26.1. The Bertz CT molecular complexity index is 1380. The van der Waals surface area contributed by atoms with Crippen LogP contribution in [0.15, 0.2) is 12.1 Å². The highest BCUT2D eigenvalue weighted by Gasteiger charge is 2.43. The maximum atomic E-state index is 12.5. The fourth-order valence-corrected chi connectivity index (χ4v) is 5.73. The van der Waals surface area contributed by atoms with E-state index in [1.807, 2.05) is 0 Å². The van der Waals surface area contributed by atoms with Gasteiger partial charge in [-0.05, 0) is 12.1 Å². The molecule has 2 heterocycles. The Labute approximate surface area is 192 Å². The van der Waals surface area contributed by atoms with Gasteiger partial charge in [-0.15, -0.1) is 0 Å². The van der Waals surface area contributed by atoms with Crippen LogP contribution in [0.2, 0.25) is 0 Å². The van der Waals surface area contributed by atoms with Crippen LogP contribution in [0.4, 0.5) is 0 Å². The molecular weight excluding hydrogens is 518 g/mol. The molecule has 7 N–H and O–H groups in total. The molecule has 0 bridgehead atoms. The second-order valence-corrected chi connectivity index (χ2v) is 11.1. The number of hydrogen-bond acceptors (Lipinski definition) is 9. The number of Topliss-reactive ketones (excluding diaryl/α,β-unsaturated/α-hetero) is 2. The van der Waals surface area contributed by atoms with Crippen molar-refractivity contribution in [3.05, 3.63) is 40.3 Å². The summed E-state index contributed by atoms with van der Waals surface area (Å²) in [5, 5.41) is 16.3. The van der Waals surface area contributed by atoms with Gasteiger partial charge in [-0.1, -0.05) is 0 Å². The Balaban J connectivity index is 1.99. The molecule has 2 aromatic heterocycles. The highest BCUT2D eigenvalue weighted by molar-refractivity contribution is 7.70. The summed E-state index contributed by atoms with van der Waals surface area (Å²) in [5.74, 6) is -7.20. The van der Waals surface area contributed by atoms with Crippen molar-refractivity contribution in [2.24, 2.45) is 0 Å². The lowest BCUT2D eigenvalue weighted by atomic mass is 9.88. The number of fused-ring (bicyclic) bond motifs is 3. The fourth-order valence-electron chi connectivity index (χ4n) is 3.27. The summed E-state index contributed by atoms with van der Waals surface area (Å²) in [5.41, 5.74) is -4.06. The molecule has 0 saturated carbocycles. The molecule has 0 radical (unpaired) electrons. The van der Waals surface area contributed by atoms with Crippen LogP contribution in [0.25, 0.3) is 11.3 Å². The number of carbonyl (C=O) groups is 5. The van der Waals surface area contributed by atoms with E-state index >= 15 is 0 Å². The third-order valence-corrected chi connectivity index (χ3v) is 8.68. The predicted molar refractivity (Wildman–Crippen MR) is 109 cm³/mol. The molecule has 0 amide bonds. The molecule has 16 nitrogen and oxygen atoms in total. The molecule has 0 aliphatic heterocycles. The van der Waals surface area contributed by atoms with Gasteiger partial charge >= 0.3 is 33.1 Å². The topological polar surface area (TPSA) is 279 Å². The third-order valence-electron chi connectivity index (χ3n) is 4.81. The van der Waals surface area contributed by atoms with Gasteiger partial charge in [0.2, 0.25) is 5.78 Å². The molecule has 186 valence electrons. The minimum atomic E-state index is -5.29. The molecule has 35 heavy (non-hydrogen) atoms. The van der Waals surface area contributed by atoms with Crippen LogP contribution >= 0.6 is 15.2 Å². The summed E-state index contributed by atoms with van der Waals surface area (Å²) >= 11 is 0. The van der Waals surface area contributed by atoms with Gasteiger partial charge < -0.3 is 39.5 Å². The Hall–Kier alpha value is -3.52. The van der Waals surface area contributed by atoms with E-state index in [0.717, 1.165) is 6.07 Å². The lowest BCUT2D eigenvalue weighted by molar-refractivity contribution is 0.0491. The van der Waals surface area contributed by atoms with E-state index in [1.54, 1.807) is 0 Å². The van der Waals surface area contributed by atoms with Crippen LogP contribution in [0.3, 0.4) is 0 Å². The van der Waals surface area contributed by atoms with Gasteiger partial charge in [0.15, 0.2) is 5.40 Å². The molecule has 1 aliphatic rings. The van der Waals surface area contributed by atoms with Crippen LogP contribution in [0, 0.1) is 0 Å². The van der Waals surface area contributed by atoms with Crippen LogP contribution in [-0.4, -0.2) is 81.2 Å². The molecule has 0 saturated heterocycles. The average molecular weight is 532 g/mol. The summed E-state index contributed by atoms with van der Waals surface area (Å²) in [6, 6.07) is 1.49. The van der Waals surface area contributed by atoms with Gasteiger partial charge in [-0.25, -0.2) is 19.4 Å². The lowest BCUT2D eigenvalue weighted by Gasteiger charge is -2.19. The van der Waals surface area contributed by atoms with Crippen molar-refractivity contribution in [3.63, 3.8) is 0 Å². The van der Waals surface area contributed by atoms with Gasteiger partial charge in [0.25, 0.3) is 5.78 Å². The first-order valence-electron chi connectivity index (χ1n) is 9.15. The van der Waals surface area contributed by atoms with Gasteiger partial charge in [-0.2, -0.15) is 0 Å². The number of pyridine rings is 1. The van der Waals surface area contributed by atoms with Crippen molar-refractivity contribution < 1.29 is 67.6 Å². The zero-order chi connectivity index (χ0) is 26.5. The van der Waals surface area contributed by atoms with E-state index < -0.39 is 96.9 Å². The number of H-pyrrole nitrogens is 1. The number of nitrogens with zero attached hydrogens (tertiary/aromatic N) is 1. The number of carbonyl (C=O) groups excluding carboxylic acids is 3. The normalized spacial score (nSPS) is 13.4. The number of aromatic amines is 1. The van der Waals surface area contributed by atoms with Crippen LogP contribution in [0.5, 0.6) is 0 Å². The van der Waals surface area contributed by atoms with Crippen LogP contribution in [0.1, 0.15) is 58.6 Å². The molecule has 0 atom stereocenters. The monoisotopic (exact) mass is 532 g/mol. The average Bonchev–Trinajstić information content (AvgIpc) is 3.18. The summed E-state index contributed by atoms with van der Waals surface area (Å²) in [6.07, 6.45) is -0.974. The van der Waals surface area contributed by atoms with Gasteiger partial charge in [0.05, 0.1) is 23.4 Å². The van der Waals surface area contributed by atoms with Crippen molar-refractivity contribution >= 4 is 44.7 Å². The number of ether oxygens (including phenoxy) is 1. The molecule has 1 aliphatic carbocycles. The van der Waals surface area contributed by atoms with Gasteiger partial charge in [0, 0.05) is 12.0 Å². The van der Waals surface area contributed by atoms with Crippen LogP contribution in [-0.2, 0) is 13.9 Å². The maximum absolute atomic E-state index is 12.5. The van der Waals surface area contributed by atoms with Crippen molar-refractivity contribution in [3.8, 4) is 11.3 Å². The summed E-state index contributed by atoms with van der Waals surface area (Å²) in [6.45, 7) is -0.934. The number of hydrogen-bond donors (Lipinski definition) is 7. The van der Waals surface area contributed by atoms with E-state index in [0.29, 0.717) is 6.07 Å². The van der Waals surface area contributed by atoms with Crippen LogP contribution < -0.4 is 0 Å². The van der Waals surface area contributed by atoms with Crippen molar-refractivity contribution in [1.82, 2.24) is 9.97 Å². The van der Waals surface area contributed by atoms with E-state index in [4.69, 9.17) is 24.7 Å². The summed E-state index contributed by atoms with van der Waals surface area (Å²) in [4.78, 5) is 103. The summed E-state index contributed by atoms with van der Waals surface area (Å²) in [7, 11) is -10.6. The highest BCUT2D eigenvalue weighted by Crippen LogP contribution is 2.61. The summed E-state index contributed by atoms with van der Waals surface area (Å²) < 4.78 is 27.3. The number of aromatic carboxylic acids is 2. The minimum absolute atomic E-state index is 0.321. The molecule has 0 unspecified atom stereocenters. The van der Waals surface area contributed by atoms with Gasteiger partial charge in [-0.3, -0.25) is 18.7 Å². The number of carboxylic acids is 2. The minimum Gasteiger partial charge on any atom is -0.478 e. The number of carboxylic acid groups (broad SMARTS) is 2. The van der Waals surface area contributed by atoms with E-state index in [1.165, 1.54) is 0 Å². The number of aromatic nitrogens is 2. The molecular formula is C17H14N2O14P2. The first-order valence-corrected chi connectivity index (χ1v) is 12.5. The predicted octanol–water partition coefficient (Wildman–Crippen LogP) is 0.0805. The molecule has 18 heteroatoms. The Morgan fingerprint density at radius 2 is 1.57 bits per heavy atom. The van der Waals surface area contributed by atoms with E-state index in [9.17, 15) is 38.2 Å². The molecule has 0 fully saturated rings. The zero-order valence-electron chi connectivity index (χ0n) is 16.9. The van der Waals surface area contributed by atoms with E-state index in [2.05, 4.69) is 14.7 Å². The Kier molecular flexibility index (Phi) is 6.65. The number of nitrogens with one attached hydrogen (secondary N) is 1. The fraction of sp³-hybridized carbons (Fsp3) is 0.176. The molecule has 0 spiro atoms. The van der Waals surface area contributed by atoms with Gasteiger partial charge in [0.1, 0.15) is 17.1 Å².